The SMILES string of the molecule is CCCOCCNc1ncc(N)c(O)n1. The highest BCUT2D eigenvalue weighted by molar-refractivity contribution is 5.47. The number of aromatic hydroxyl groups is 1. The predicted molar refractivity (Wildman–Crippen MR) is 57.7 cm³/mol. The Morgan fingerprint density at radius 2 is 2.33 bits per heavy atom. The smallest absolute Gasteiger partial charge is 0.239 e. The number of nitrogens with two attached hydrogens (primary N) is 1. The van der Waals surface area contributed by atoms with E-state index < -0.39 is 0 Å². The average molecular weight is 212 g/mol. The lowest BCUT2D eigenvalue weighted by Crippen LogP contribution is -2.12. The van der Waals surface area contributed by atoms with E-state index >= 15 is 0 Å². The highest BCUT2D eigenvalue weighted by atomic mass is 16.5. The van der Waals surface area contributed by atoms with Gasteiger partial charge in [-0.1, -0.05) is 6.92 Å². The van der Waals surface area contributed by atoms with Crippen LogP contribution in [0, 0.1) is 0 Å². The van der Waals surface area contributed by atoms with Gasteiger partial charge in [-0.25, -0.2) is 4.98 Å². The molecule has 0 radical (unpaired) electrons. The Labute approximate surface area is 88.5 Å². The van der Waals surface area contributed by atoms with Crippen LogP contribution in [0.4, 0.5) is 11.6 Å². The first-order chi connectivity index (χ1) is 7.24. The number of rotatable bonds is 6. The van der Waals surface area contributed by atoms with Gasteiger partial charge in [-0.2, -0.15) is 4.98 Å². The van der Waals surface area contributed by atoms with Crippen LogP contribution >= 0.6 is 0 Å². The van der Waals surface area contributed by atoms with Gasteiger partial charge in [0, 0.05) is 13.2 Å². The molecule has 4 N–H and O–H groups in total. The monoisotopic (exact) mass is 212 g/mol. The summed E-state index contributed by atoms with van der Waals surface area (Å²) in [5, 5.41) is 12.1. The number of nitrogens with zero attached hydrogens (tertiary/aromatic N) is 2. The van der Waals surface area contributed by atoms with E-state index in [-0.39, 0.29) is 11.6 Å². The highest BCUT2D eigenvalue weighted by Crippen LogP contribution is 2.15. The van der Waals surface area contributed by atoms with Crippen molar-refractivity contribution in [1.82, 2.24) is 9.97 Å². The Balaban J connectivity index is 2.28. The fraction of sp³-hybridized carbons (Fsp3) is 0.556. The van der Waals surface area contributed by atoms with E-state index in [9.17, 15) is 5.11 Å². The van der Waals surface area contributed by atoms with Crippen LogP contribution in [0.1, 0.15) is 13.3 Å². The number of nitrogens with one attached hydrogen (secondary N) is 1. The van der Waals surface area contributed by atoms with E-state index in [1.807, 2.05) is 0 Å². The van der Waals surface area contributed by atoms with Crippen LogP contribution in [0.2, 0.25) is 0 Å². The Kier molecular flexibility index (Phi) is 4.62. The maximum atomic E-state index is 9.19. The molecule has 15 heavy (non-hydrogen) atoms. The van der Waals surface area contributed by atoms with Crippen LogP contribution in [0.25, 0.3) is 0 Å². The van der Waals surface area contributed by atoms with E-state index in [1.165, 1.54) is 6.20 Å². The maximum absolute atomic E-state index is 9.19. The largest absolute Gasteiger partial charge is 0.492 e. The average Bonchev–Trinajstić information content (AvgIpc) is 2.23. The number of nitrogen functional groups attached to an aromatic ring is 1. The Bertz CT molecular complexity index is 306. The number of anilines is 2. The number of hydrogen-bond acceptors (Lipinski definition) is 6. The van der Waals surface area contributed by atoms with Crippen molar-refractivity contribution in [3.05, 3.63) is 6.20 Å². The molecule has 1 aromatic rings. The molecule has 0 fully saturated rings. The summed E-state index contributed by atoms with van der Waals surface area (Å²) in [6, 6.07) is 0. The van der Waals surface area contributed by atoms with E-state index in [0.717, 1.165) is 13.0 Å². The summed E-state index contributed by atoms with van der Waals surface area (Å²) in [4.78, 5) is 7.64. The molecule has 6 heteroatoms. The first-order valence-corrected chi connectivity index (χ1v) is 4.87. The zero-order valence-corrected chi connectivity index (χ0v) is 8.73. The van der Waals surface area contributed by atoms with Crippen molar-refractivity contribution in [2.45, 2.75) is 13.3 Å². The Morgan fingerprint density at radius 1 is 1.53 bits per heavy atom. The van der Waals surface area contributed by atoms with Crippen LogP contribution in [0.15, 0.2) is 6.20 Å². The topological polar surface area (TPSA) is 93.3 Å². The molecule has 0 unspecified atom stereocenters. The van der Waals surface area contributed by atoms with Gasteiger partial charge in [-0.15, -0.1) is 0 Å². The lowest BCUT2D eigenvalue weighted by Gasteiger charge is -2.05. The van der Waals surface area contributed by atoms with Gasteiger partial charge in [0.1, 0.15) is 5.69 Å². The molecule has 0 spiro atoms. The molecule has 0 aliphatic rings. The lowest BCUT2D eigenvalue weighted by atomic mass is 10.5. The third-order valence-corrected chi connectivity index (χ3v) is 1.67. The molecular weight excluding hydrogens is 196 g/mol. The number of aromatic nitrogens is 2. The molecule has 0 saturated heterocycles. The first-order valence-electron chi connectivity index (χ1n) is 4.87. The van der Waals surface area contributed by atoms with Crippen molar-refractivity contribution >= 4 is 11.6 Å². The van der Waals surface area contributed by atoms with E-state index in [0.29, 0.717) is 19.1 Å². The molecule has 1 heterocycles. The summed E-state index contributed by atoms with van der Waals surface area (Å²) in [5.41, 5.74) is 5.52. The minimum atomic E-state index is -0.207. The molecule has 1 aromatic heterocycles. The van der Waals surface area contributed by atoms with Crippen molar-refractivity contribution < 1.29 is 9.84 Å². The standard InChI is InChI=1S/C9H16N4O2/c1-2-4-15-5-3-11-9-12-6-7(10)8(14)13-9/h6H,2-5,10H2,1H3,(H2,11,12,13,14). The lowest BCUT2D eigenvalue weighted by molar-refractivity contribution is 0.144. The molecule has 0 aliphatic carbocycles. The maximum Gasteiger partial charge on any atom is 0.239 e. The normalized spacial score (nSPS) is 10.2. The fourth-order valence-corrected chi connectivity index (χ4v) is 0.949. The molecule has 0 saturated carbocycles. The minimum Gasteiger partial charge on any atom is -0.492 e. The highest BCUT2D eigenvalue weighted by Gasteiger charge is 2.01. The summed E-state index contributed by atoms with van der Waals surface area (Å²) in [7, 11) is 0. The molecule has 0 bridgehead atoms. The predicted octanol–water partition coefficient (Wildman–Crippen LogP) is 0.603. The van der Waals surface area contributed by atoms with Gasteiger partial charge in [0.2, 0.25) is 11.8 Å². The van der Waals surface area contributed by atoms with Gasteiger partial charge >= 0.3 is 0 Å². The van der Waals surface area contributed by atoms with Gasteiger partial charge in [-0.05, 0) is 6.42 Å². The van der Waals surface area contributed by atoms with Crippen molar-refractivity contribution in [2.24, 2.45) is 0 Å². The summed E-state index contributed by atoms with van der Waals surface area (Å²) >= 11 is 0. The van der Waals surface area contributed by atoms with Crippen molar-refractivity contribution in [3.8, 4) is 5.88 Å². The Morgan fingerprint density at radius 3 is 3.00 bits per heavy atom. The summed E-state index contributed by atoms with van der Waals surface area (Å²) in [6.45, 7) is 3.98. The zero-order chi connectivity index (χ0) is 11.1. The number of ether oxygens (including phenoxy) is 1. The van der Waals surface area contributed by atoms with E-state index in [1.54, 1.807) is 0 Å². The zero-order valence-electron chi connectivity index (χ0n) is 8.73. The second kappa shape index (κ2) is 6.02. The van der Waals surface area contributed by atoms with Gasteiger partial charge in [0.25, 0.3) is 0 Å². The molecule has 0 atom stereocenters. The van der Waals surface area contributed by atoms with Crippen LogP contribution in [-0.4, -0.2) is 34.8 Å². The van der Waals surface area contributed by atoms with E-state index in [4.69, 9.17) is 10.5 Å². The van der Waals surface area contributed by atoms with Gasteiger partial charge in [0.15, 0.2) is 0 Å². The molecule has 1 rings (SSSR count). The summed E-state index contributed by atoms with van der Waals surface area (Å²) in [5.74, 6) is 0.142. The van der Waals surface area contributed by atoms with Crippen molar-refractivity contribution in [1.29, 1.82) is 0 Å². The minimum absolute atomic E-state index is 0.169. The Hall–Kier alpha value is -1.56. The summed E-state index contributed by atoms with van der Waals surface area (Å²) in [6.07, 6.45) is 2.36. The molecule has 84 valence electrons. The molecule has 0 amide bonds. The molecular formula is C9H16N4O2. The molecule has 0 aliphatic heterocycles. The van der Waals surface area contributed by atoms with Crippen molar-refractivity contribution in [3.63, 3.8) is 0 Å². The first kappa shape index (κ1) is 11.5. The summed E-state index contributed by atoms with van der Waals surface area (Å²) < 4.78 is 5.25. The number of hydrogen-bond donors (Lipinski definition) is 3. The molecule has 6 nitrogen and oxygen atoms in total. The molecule has 0 aromatic carbocycles. The van der Waals surface area contributed by atoms with Crippen LogP contribution in [0.5, 0.6) is 5.88 Å². The second-order valence-corrected chi connectivity index (χ2v) is 3.01. The van der Waals surface area contributed by atoms with Gasteiger partial charge in [-0.3, -0.25) is 0 Å². The van der Waals surface area contributed by atoms with Crippen LogP contribution in [-0.2, 0) is 4.74 Å². The quantitative estimate of drug-likeness (QED) is 0.598. The van der Waals surface area contributed by atoms with Gasteiger partial charge in [0.05, 0.1) is 12.8 Å². The fourth-order valence-electron chi connectivity index (χ4n) is 0.949. The van der Waals surface area contributed by atoms with Crippen LogP contribution < -0.4 is 11.1 Å². The van der Waals surface area contributed by atoms with E-state index in [2.05, 4.69) is 22.2 Å². The third-order valence-electron chi connectivity index (χ3n) is 1.67. The van der Waals surface area contributed by atoms with Crippen molar-refractivity contribution in [2.75, 3.05) is 30.8 Å². The third kappa shape index (κ3) is 3.99. The van der Waals surface area contributed by atoms with Gasteiger partial charge < -0.3 is 20.9 Å². The second-order valence-electron chi connectivity index (χ2n) is 3.01. The van der Waals surface area contributed by atoms with Crippen LogP contribution in [0.3, 0.4) is 0 Å².